The lowest BCUT2D eigenvalue weighted by molar-refractivity contribution is 0.318. The van der Waals surface area contributed by atoms with E-state index in [2.05, 4.69) is 10.2 Å². The maximum Gasteiger partial charge on any atom is 0.243 e. The number of methoxy groups -OCH3 is 1. The van der Waals surface area contributed by atoms with Crippen molar-refractivity contribution in [3.8, 4) is 5.75 Å². The van der Waals surface area contributed by atoms with Gasteiger partial charge in [-0.2, -0.15) is 4.31 Å². The molecule has 0 spiro atoms. The zero-order valence-electron chi connectivity index (χ0n) is 16.5. The summed E-state index contributed by atoms with van der Waals surface area (Å²) in [7, 11) is -1.96. The molecule has 3 aromatic rings. The molecular formula is C21H22FN3O3S2. The van der Waals surface area contributed by atoms with Gasteiger partial charge in [-0.25, -0.2) is 12.8 Å². The van der Waals surface area contributed by atoms with Gasteiger partial charge >= 0.3 is 0 Å². The van der Waals surface area contributed by atoms with Crippen molar-refractivity contribution in [2.24, 2.45) is 0 Å². The van der Waals surface area contributed by atoms with Crippen molar-refractivity contribution in [3.05, 3.63) is 69.9 Å². The Balaban J connectivity index is 1.38. The molecule has 1 fully saturated rings. The van der Waals surface area contributed by atoms with Gasteiger partial charge in [-0.1, -0.05) is 12.1 Å². The van der Waals surface area contributed by atoms with Gasteiger partial charge < -0.3 is 4.74 Å². The molecule has 2 aromatic carbocycles. The number of piperidine rings is 1. The van der Waals surface area contributed by atoms with Gasteiger partial charge in [-0.15, -0.1) is 21.5 Å². The van der Waals surface area contributed by atoms with Crippen molar-refractivity contribution in [3.63, 3.8) is 0 Å². The molecule has 1 aliphatic rings. The number of sulfonamides is 1. The quantitative estimate of drug-likeness (QED) is 0.574. The molecule has 0 N–H and O–H groups in total. The molecule has 9 heteroatoms. The lowest BCUT2D eigenvalue weighted by atomic mass is 9.99. The van der Waals surface area contributed by atoms with Crippen LogP contribution in [0.3, 0.4) is 0 Å². The summed E-state index contributed by atoms with van der Waals surface area (Å²) >= 11 is 1.59. The van der Waals surface area contributed by atoms with Crippen molar-refractivity contribution in [1.29, 1.82) is 0 Å². The maximum absolute atomic E-state index is 13.1. The van der Waals surface area contributed by atoms with Crippen LogP contribution in [0.4, 0.5) is 4.39 Å². The van der Waals surface area contributed by atoms with Gasteiger partial charge in [-0.3, -0.25) is 0 Å². The summed E-state index contributed by atoms with van der Waals surface area (Å²) in [6, 6.07) is 12.8. The van der Waals surface area contributed by atoms with E-state index in [9.17, 15) is 12.8 Å². The van der Waals surface area contributed by atoms with Crippen molar-refractivity contribution in [2.75, 3.05) is 20.2 Å². The topological polar surface area (TPSA) is 72.4 Å². The van der Waals surface area contributed by atoms with Crippen LogP contribution < -0.4 is 4.74 Å². The van der Waals surface area contributed by atoms with Crippen molar-refractivity contribution < 1.29 is 17.5 Å². The van der Waals surface area contributed by atoms with Crippen LogP contribution in [-0.4, -0.2) is 43.1 Å². The van der Waals surface area contributed by atoms with Gasteiger partial charge in [0.25, 0.3) is 0 Å². The van der Waals surface area contributed by atoms with Gasteiger partial charge in [0.2, 0.25) is 10.0 Å². The number of nitrogens with zero attached hydrogens (tertiary/aromatic N) is 3. The Morgan fingerprint density at radius 1 is 1.07 bits per heavy atom. The molecule has 0 aliphatic carbocycles. The van der Waals surface area contributed by atoms with E-state index in [1.165, 1.54) is 28.6 Å². The van der Waals surface area contributed by atoms with Crippen LogP contribution in [0.15, 0.2) is 53.4 Å². The molecule has 1 saturated heterocycles. The van der Waals surface area contributed by atoms with E-state index in [4.69, 9.17) is 4.74 Å². The van der Waals surface area contributed by atoms with Gasteiger partial charge in [0.15, 0.2) is 0 Å². The number of rotatable bonds is 6. The first-order valence-corrected chi connectivity index (χ1v) is 11.9. The minimum Gasteiger partial charge on any atom is -0.497 e. The second kappa shape index (κ2) is 8.79. The monoisotopic (exact) mass is 447 g/mol. The normalized spacial score (nSPS) is 15.9. The smallest absolute Gasteiger partial charge is 0.243 e. The fourth-order valence-corrected chi connectivity index (χ4v) is 6.04. The average Bonchev–Trinajstić information content (AvgIpc) is 3.23. The van der Waals surface area contributed by atoms with Crippen LogP contribution in [-0.2, 0) is 16.4 Å². The maximum atomic E-state index is 13.1. The van der Waals surface area contributed by atoms with E-state index in [1.807, 2.05) is 24.3 Å². The summed E-state index contributed by atoms with van der Waals surface area (Å²) in [5.41, 5.74) is 1.14. The van der Waals surface area contributed by atoms with E-state index < -0.39 is 15.8 Å². The number of halogens is 1. The highest BCUT2D eigenvalue weighted by atomic mass is 32.2. The van der Waals surface area contributed by atoms with E-state index in [0.29, 0.717) is 32.4 Å². The highest BCUT2D eigenvalue weighted by Gasteiger charge is 2.31. The Kier molecular flexibility index (Phi) is 6.12. The van der Waals surface area contributed by atoms with Crippen molar-refractivity contribution >= 4 is 21.4 Å². The average molecular weight is 448 g/mol. The third-order valence-corrected chi connectivity index (χ3v) is 8.25. The van der Waals surface area contributed by atoms with Gasteiger partial charge in [0.05, 0.1) is 12.0 Å². The largest absolute Gasteiger partial charge is 0.497 e. The first-order valence-electron chi connectivity index (χ1n) is 9.66. The summed E-state index contributed by atoms with van der Waals surface area (Å²) in [5.74, 6) is 0.570. The van der Waals surface area contributed by atoms with E-state index >= 15 is 0 Å². The summed E-state index contributed by atoms with van der Waals surface area (Å²) in [6.07, 6.45) is 2.09. The molecule has 6 nitrogen and oxygen atoms in total. The second-order valence-electron chi connectivity index (χ2n) is 7.19. The lowest BCUT2D eigenvalue weighted by Gasteiger charge is -2.30. The molecule has 0 unspecified atom stereocenters. The Labute approximate surface area is 179 Å². The van der Waals surface area contributed by atoms with E-state index in [-0.39, 0.29) is 10.8 Å². The molecule has 0 radical (unpaired) electrons. The van der Waals surface area contributed by atoms with Crippen LogP contribution in [0.5, 0.6) is 5.75 Å². The zero-order valence-corrected chi connectivity index (χ0v) is 18.1. The summed E-state index contributed by atoms with van der Waals surface area (Å²) in [4.78, 5) is 0.125. The van der Waals surface area contributed by atoms with E-state index in [0.717, 1.165) is 21.3 Å². The Bertz CT molecular complexity index is 1090. The van der Waals surface area contributed by atoms with Crippen LogP contribution in [0.25, 0.3) is 0 Å². The van der Waals surface area contributed by atoms with Gasteiger partial charge in [0.1, 0.15) is 21.6 Å². The minimum absolute atomic E-state index is 0.125. The fraction of sp³-hybridized carbons (Fsp3) is 0.333. The minimum atomic E-state index is -3.60. The molecule has 30 heavy (non-hydrogen) atoms. The first kappa shape index (κ1) is 20.9. The second-order valence-corrected chi connectivity index (χ2v) is 10.2. The number of hydrogen-bond donors (Lipinski definition) is 0. The molecule has 0 bridgehead atoms. The first-order chi connectivity index (χ1) is 14.5. The fourth-order valence-electron chi connectivity index (χ4n) is 3.52. The predicted molar refractivity (Wildman–Crippen MR) is 113 cm³/mol. The highest BCUT2D eigenvalue weighted by Crippen LogP contribution is 2.33. The standard InChI is InChI=1S/C21H22FN3O3S2/c1-28-18-6-2-15(3-7-18)14-20-23-24-21(29-20)16-10-12-25(13-11-16)30(26,27)19-8-4-17(22)5-9-19/h2-9,16H,10-14H2,1H3. The highest BCUT2D eigenvalue weighted by molar-refractivity contribution is 7.89. The molecule has 1 aliphatic heterocycles. The number of hydrogen-bond acceptors (Lipinski definition) is 6. The van der Waals surface area contributed by atoms with Gasteiger partial charge in [-0.05, 0) is 54.8 Å². The third-order valence-electron chi connectivity index (χ3n) is 5.25. The molecule has 2 heterocycles. The molecule has 0 atom stereocenters. The van der Waals surface area contributed by atoms with Crippen LogP contribution in [0.2, 0.25) is 0 Å². The lowest BCUT2D eigenvalue weighted by Crippen LogP contribution is -2.37. The zero-order chi connectivity index (χ0) is 21.1. The summed E-state index contributed by atoms with van der Waals surface area (Å²) in [5, 5.41) is 10.6. The Morgan fingerprint density at radius 3 is 2.37 bits per heavy atom. The molecule has 1 aromatic heterocycles. The summed E-state index contributed by atoms with van der Waals surface area (Å²) < 4.78 is 45.3. The molecule has 158 valence electrons. The van der Waals surface area contributed by atoms with E-state index in [1.54, 1.807) is 18.4 Å². The molecule has 0 amide bonds. The Morgan fingerprint density at radius 2 is 1.73 bits per heavy atom. The molecule has 0 saturated carbocycles. The van der Waals surface area contributed by atoms with Crippen LogP contribution >= 0.6 is 11.3 Å². The number of aromatic nitrogens is 2. The van der Waals surface area contributed by atoms with Crippen LogP contribution in [0.1, 0.15) is 34.3 Å². The molecule has 4 rings (SSSR count). The Hall–Kier alpha value is -2.36. The van der Waals surface area contributed by atoms with Crippen molar-refractivity contribution in [1.82, 2.24) is 14.5 Å². The third kappa shape index (κ3) is 4.53. The SMILES string of the molecule is COc1ccc(Cc2nnc(C3CCN(S(=O)(=O)c4ccc(F)cc4)CC3)s2)cc1. The molecular weight excluding hydrogens is 425 g/mol. The van der Waals surface area contributed by atoms with Crippen LogP contribution in [0, 0.1) is 5.82 Å². The predicted octanol–water partition coefficient (Wildman–Crippen LogP) is 3.84. The number of benzene rings is 2. The van der Waals surface area contributed by atoms with Gasteiger partial charge in [0, 0.05) is 25.4 Å². The van der Waals surface area contributed by atoms with Crippen molar-refractivity contribution in [2.45, 2.75) is 30.1 Å². The summed E-state index contributed by atoms with van der Waals surface area (Å²) in [6.45, 7) is 0.829. The number of ether oxygens (including phenoxy) is 1.